The second-order valence-electron chi connectivity index (χ2n) is 3.16. The molecule has 5 nitrogen and oxygen atoms in total. The first-order valence-electron chi connectivity index (χ1n) is 4.67. The van der Waals surface area contributed by atoms with Gasteiger partial charge in [0.25, 0.3) is 5.91 Å². The summed E-state index contributed by atoms with van der Waals surface area (Å²) >= 11 is 12.0. The van der Waals surface area contributed by atoms with Crippen molar-refractivity contribution >= 4 is 55.2 Å². The third-order valence-electron chi connectivity index (χ3n) is 1.92. The third-order valence-corrected chi connectivity index (χ3v) is 3.08. The highest BCUT2D eigenvalue weighted by atomic mass is 79.9. The summed E-state index contributed by atoms with van der Waals surface area (Å²) in [5.41, 5.74) is 0.385. The number of aromatic nitrogens is 3. The molecular weight excluding hydrogens is 387 g/mol. The van der Waals surface area contributed by atoms with Crippen molar-refractivity contribution in [2.45, 2.75) is 0 Å². The zero-order valence-corrected chi connectivity index (χ0v) is 12.6. The highest BCUT2D eigenvalue weighted by Gasteiger charge is 2.10. The van der Waals surface area contributed by atoms with Crippen molar-refractivity contribution in [3.8, 4) is 0 Å². The van der Waals surface area contributed by atoms with E-state index in [1.54, 1.807) is 12.1 Å². The van der Waals surface area contributed by atoms with Gasteiger partial charge in [0.2, 0.25) is 0 Å². The lowest BCUT2D eigenvalue weighted by Gasteiger charge is -2.05. The normalized spacial score (nSPS) is 10.2. The van der Waals surface area contributed by atoms with E-state index in [0.29, 0.717) is 25.7 Å². The fraction of sp³-hybridized carbons (Fsp3) is 0. The van der Waals surface area contributed by atoms with Gasteiger partial charge in [0, 0.05) is 6.20 Å². The lowest BCUT2D eigenvalue weighted by Crippen LogP contribution is -2.14. The van der Waals surface area contributed by atoms with Crippen molar-refractivity contribution in [2.75, 3.05) is 5.32 Å². The van der Waals surface area contributed by atoms with Crippen molar-refractivity contribution in [1.82, 2.24) is 15.0 Å². The van der Waals surface area contributed by atoms with E-state index in [9.17, 15) is 4.79 Å². The number of nitrogens with zero attached hydrogens (tertiary/aromatic N) is 3. The van der Waals surface area contributed by atoms with Crippen LogP contribution in [-0.4, -0.2) is 20.9 Å². The van der Waals surface area contributed by atoms with Gasteiger partial charge in [-0.05, 0) is 44.0 Å². The Kier molecular flexibility index (Phi) is 4.26. The Labute approximate surface area is 124 Å². The Morgan fingerprint density at radius 2 is 2.00 bits per heavy atom. The van der Waals surface area contributed by atoms with Crippen LogP contribution in [0.15, 0.2) is 33.7 Å². The molecule has 0 unspecified atom stereocenters. The average molecular weight is 392 g/mol. The first-order chi connectivity index (χ1) is 8.56. The predicted molar refractivity (Wildman–Crippen MR) is 74.6 cm³/mol. The Hall–Kier alpha value is -1.05. The molecule has 2 aromatic heterocycles. The lowest BCUT2D eigenvalue weighted by atomic mass is 10.3. The number of amides is 1. The summed E-state index contributed by atoms with van der Waals surface area (Å²) in [4.78, 5) is 23.8. The average Bonchev–Trinajstić information content (AvgIpc) is 2.33. The van der Waals surface area contributed by atoms with Gasteiger partial charge in [0.05, 0.1) is 11.8 Å². The predicted octanol–water partition coefficient (Wildman–Crippen LogP) is 3.30. The molecule has 0 fully saturated rings. The Morgan fingerprint density at radius 3 is 2.61 bits per heavy atom. The molecule has 2 aromatic rings. The summed E-state index contributed by atoms with van der Waals surface area (Å²) in [5, 5.41) is 2.94. The second kappa shape index (κ2) is 5.73. The minimum atomic E-state index is -0.337. The van der Waals surface area contributed by atoms with Crippen LogP contribution in [0.2, 0.25) is 5.15 Å². The number of carbonyl (C=O) groups excluding carboxylic acids is 1. The van der Waals surface area contributed by atoms with Gasteiger partial charge in [0.15, 0.2) is 5.82 Å². The molecule has 0 saturated carbocycles. The molecule has 0 atom stereocenters. The first kappa shape index (κ1) is 13.4. The molecule has 0 saturated heterocycles. The summed E-state index contributed by atoms with van der Waals surface area (Å²) in [6.07, 6.45) is 2.87. The number of rotatable bonds is 2. The number of halogens is 3. The summed E-state index contributed by atoms with van der Waals surface area (Å²) < 4.78 is 1.01. The molecule has 92 valence electrons. The standard InChI is InChI=1S/C10H5Br2ClN4O/c11-6-4-15-9(8(12)16-6)17-10(18)5-1-2-7(13)14-3-5/h1-4H,(H,15,17,18). The molecule has 0 aliphatic carbocycles. The van der Waals surface area contributed by atoms with E-state index >= 15 is 0 Å². The molecule has 0 aromatic carbocycles. The molecule has 0 radical (unpaired) electrons. The van der Waals surface area contributed by atoms with E-state index in [1.807, 2.05) is 0 Å². The van der Waals surface area contributed by atoms with Crippen molar-refractivity contribution in [1.29, 1.82) is 0 Å². The molecule has 18 heavy (non-hydrogen) atoms. The van der Waals surface area contributed by atoms with Crippen LogP contribution < -0.4 is 5.32 Å². The minimum Gasteiger partial charge on any atom is -0.304 e. The van der Waals surface area contributed by atoms with E-state index in [-0.39, 0.29) is 5.91 Å². The minimum absolute atomic E-state index is 0.330. The summed E-state index contributed by atoms with van der Waals surface area (Å²) in [5.74, 6) is -0.00496. The topological polar surface area (TPSA) is 67.8 Å². The molecule has 0 aliphatic heterocycles. The highest BCUT2D eigenvalue weighted by Crippen LogP contribution is 2.20. The Morgan fingerprint density at radius 1 is 1.22 bits per heavy atom. The van der Waals surface area contributed by atoms with Gasteiger partial charge in [0.1, 0.15) is 14.4 Å². The van der Waals surface area contributed by atoms with Gasteiger partial charge >= 0.3 is 0 Å². The van der Waals surface area contributed by atoms with Crippen LogP contribution >= 0.6 is 43.5 Å². The Balaban J connectivity index is 2.18. The molecular formula is C10H5Br2ClN4O. The summed E-state index contributed by atoms with van der Waals surface area (Å²) in [7, 11) is 0. The van der Waals surface area contributed by atoms with E-state index in [4.69, 9.17) is 11.6 Å². The first-order valence-corrected chi connectivity index (χ1v) is 6.63. The fourth-order valence-corrected chi connectivity index (χ4v) is 2.14. The van der Waals surface area contributed by atoms with Crippen LogP contribution in [0.25, 0.3) is 0 Å². The number of pyridine rings is 1. The molecule has 0 bridgehead atoms. The quantitative estimate of drug-likeness (QED) is 0.797. The molecule has 0 aliphatic rings. The lowest BCUT2D eigenvalue weighted by molar-refractivity contribution is 0.102. The van der Waals surface area contributed by atoms with E-state index in [0.717, 1.165) is 0 Å². The van der Waals surface area contributed by atoms with Gasteiger partial charge in [-0.3, -0.25) is 4.79 Å². The largest absolute Gasteiger partial charge is 0.304 e. The van der Waals surface area contributed by atoms with E-state index in [1.165, 1.54) is 12.4 Å². The maximum Gasteiger partial charge on any atom is 0.258 e. The summed E-state index contributed by atoms with van der Waals surface area (Å²) in [6.45, 7) is 0. The molecule has 2 heterocycles. The molecule has 1 N–H and O–H groups in total. The Bertz CT molecular complexity index is 591. The highest BCUT2D eigenvalue weighted by molar-refractivity contribution is 9.11. The maximum absolute atomic E-state index is 11.9. The van der Waals surface area contributed by atoms with Gasteiger partial charge in [-0.15, -0.1) is 0 Å². The second-order valence-corrected chi connectivity index (χ2v) is 5.11. The number of hydrogen-bond donors (Lipinski definition) is 1. The van der Waals surface area contributed by atoms with E-state index < -0.39 is 0 Å². The zero-order chi connectivity index (χ0) is 13.1. The van der Waals surface area contributed by atoms with Crippen LogP contribution in [0.4, 0.5) is 5.82 Å². The fourth-order valence-electron chi connectivity index (χ4n) is 1.12. The maximum atomic E-state index is 11.9. The number of nitrogens with one attached hydrogen (secondary N) is 1. The molecule has 1 amide bonds. The van der Waals surface area contributed by atoms with E-state index in [2.05, 4.69) is 52.1 Å². The summed E-state index contributed by atoms with van der Waals surface area (Å²) in [6, 6.07) is 3.11. The van der Waals surface area contributed by atoms with Crippen LogP contribution in [0, 0.1) is 0 Å². The van der Waals surface area contributed by atoms with Gasteiger partial charge in [-0.1, -0.05) is 11.6 Å². The number of anilines is 1. The van der Waals surface area contributed by atoms with Gasteiger partial charge in [-0.2, -0.15) is 0 Å². The number of hydrogen-bond acceptors (Lipinski definition) is 4. The molecule has 0 spiro atoms. The van der Waals surface area contributed by atoms with Crippen molar-refractivity contribution in [2.24, 2.45) is 0 Å². The monoisotopic (exact) mass is 390 g/mol. The van der Waals surface area contributed by atoms with Crippen LogP contribution in [0.5, 0.6) is 0 Å². The number of carbonyl (C=O) groups is 1. The smallest absolute Gasteiger partial charge is 0.258 e. The van der Waals surface area contributed by atoms with Crippen LogP contribution in [0.1, 0.15) is 10.4 Å². The molecule has 2 rings (SSSR count). The van der Waals surface area contributed by atoms with Crippen molar-refractivity contribution in [3.63, 3.8) is 0 Å². The van der Waals surface area contributed by atoms with Gasteiger partial charge < -0.3 is 5.32 Å². The van der Waals surface area contributed by atoms with Crippen molar-refractivity contribution in [3.05, 3.63) is 44.4 Å². The van der Waals surface area contributed by atoms with Crippen molar-refractivity contribution < 1.29 is 4.79 Å². The van der Waals surface area contributed by atoms with Gasteiger partial charge in [-0.25, -0.2) is 15.0 Å². The SMILES string of the molecule is O=C(Nc1ncc(Br)nc1Br)c1ccc(Cl)nc1. The van der Waals surface area contributed by atoms with Crippen LogP contribution in [0.3, 0.4) is 0 Å². The van der Waals surface area contributed by atoms with Crippen LogP contribution in [-0.2, 0) is 0 Å². The third kappa shape index (κ3) is 3.24. The zero-order valence-electron chi connectivity index (χ0n) is 8.69. The molecule has 8 heteroatoms.